The van der Waals surface area contributed by atoms with Crippen LogP contribution in [-0.2, 0) is 11.3 Å². The summed E-state index contributed by atoms with van der Waals surface area (Å²) >= 11 is 1.43. The van der Waals surface area contributed by atoms with E-state index in [1.165, 1.54) is 17.3 Å². The number of aryl methyl sites for hydroxylation is 1. The first-order valence-electron chi connectivity index (χ1n) is 9.27. The smallest absolute Gasteiger partial charge is 0.233 e. The Hall–Kier alpha value is -2.93. The molecule has 1 atom stereocenters. The molecule has 0 saturated carbocycles. The number of thioether (sulfide) groups is 1. The maximum absolute atomic E-state index is 12.6. The monoisotopic (exact) mass is 411 g/mol. The van der Waals surface area contributed by atoms with Crippen molar-refractivity contribution in [1.29, 1.82) is 0 Å². The number of methoxy groups -OCH3 is 2. The molecule has 0 saturated heterocycles. The van der Waals surface area contributed by atoms with Crippen LogP contribution in [0.2, 0.25) is 0 Å². The molecule has 152 valence electrons. The highest BCUT2D eigenvalue weighted by Gasteiger charge is 2.18. The fourth-order valence-corrected chi connectivity index (χ4v) is 3.79. The Morgan fingerprint density at radius 2 is 1.97 bits per heavy atom. The van der Waals surface area contributed by atoms with Crippen molar-refractivity contribution in [2.45, 2.75) is 30.8 Å². The lowest BCUT2D eigenvalue weighted by atomic mass is 10.2. The molecule has 1 aromatic heterocycles. The zero-order valence-corrected chi connectivity index (χ0v) is 17.8. The van der Waals surface area contributed by atoms with Gasteiger partial charge in [0, 0.05) is 24.6 Å². The molecule has 1 amide bonds. The second kappa shape index (κ2) is 9.52. The van der Waals surface area contributed by atoms with Crippen molar-refractivity contribution in [3.05, 3.63) is 66.0 Å². The summed E-state index contributed by atoms with van der Waals surface area (Å²) in [6.45, 7) is 4.34. The summed E-state index contributed by atoms with van der Waals surface area (Å²) in [6, 6.07) is 13.8. The number of benzene rings is 2. The lowest BCUT2D eigenvalue weighted by Gasteiger charge is -2.14. The molecule has 0 aliphatic carbocycles. The summed E-state index contributed by atoms with van der Waals surface area (Å²) in [4.78, 5) is 17.0. The first-order chi connectivity index (χ1) is 14.0. The summed E-state index contributed by atoms with van der Waals surface area (Å²) in [6.07, 6.45) is 3.66. The van der Waals surface area contributed by atoms with Crippen molar-refractivity contribution < 1.29 is 14.3 Å². The van der Waals surface area contributed by atoms with Gasteiger partial charge in [-0.1, -0.05) is 30.0 Å². The van der Waals surface area contributed by atoms with Crippen molar-refractivity contribution in [3.8, 4) is 17.2 Å². The number of amides is 1. The minimum Gasteiger partial charge on any atom is -0.493 e. The van der Waals surface area contributed by atoms with Gasteiger partial charge < -0.3 is 14.8 Å². The van der Waals surface area contributed by atoms with Crippen LogP contribution in [0.5, 0.6) is 11.5 Å². The Labute approximate surface area is 175 Å². The number of ether oxygens (including phenoxy) is 2. The van der Waals surface area contributed by atoms with E-state index in [1.807, 2.05) is 48.0 Å². The molecular weight excluding hydrogens is 386 g/mol. The standard InChI is InChI=1S/C22H25N3O3S/c1-15-6-5-7-18(12-15)25-11-10-23-22(25)29-16(2)21(26)24-14-17-8-9-19(27-3)20(13-17)28-4/h5-13,16H,14H2,1-4H3,(H,24,26). The number of carbonyl (C=O) groups is 1. The molecule has 29 heavy (non-hydrogen) atoms. The summed E-state index contributed by atoms with van der Waals surface area (Å²) in [7, 11) is 3.19. The first kappa shape index (κ1) is 20.8. The molecule has 0 radical (unpaired) electrons. The number of nitrogens with one attached hydrogen (secondary N) is 1. The highest BCUT2D eigenvalue weighted by molar-refractivity contribution is 8.00. The van der Waals surface area contributed by atoms with Crippen LogP contribution in [0.4, 0.5) is 0 Å². The van der Waals surface area contributed by atoms with Crippen LogP contribution in [0.1, 0.15) is 18.1 Å². The van der Waals surface area contributed by atoms with Gasteiger partial charge >= 0.3 is 0 Å². The van der Waals surface area contributed by atoms with Crippen molar-refractivity contribution in [2.24, 2.45) is 0 Å². The molecule has 1 unspecified atom stereocenters. The zero-order valence-electron chi connectivity index (χ0n) is 17.0. The van der Waals surface area contributed by atoms with Crippen molar-refractivity contribution in [1.82, 2.24) is 14.9 Å². The van der Waals surface area contributed by atoms with Gasteiger partial charge in [0.2, 0.25) is 5.91 Å². The maximum Gasteiger partial charge on any atom is 0.233 e. The number of carbonyl (C=O) groups excluding carboxylic acids is 1. The van der Waals surface area contributed by atoms with Crippen LogP contribution >= 0.6 is 11.8 Å². The number of imidazole rings is 1. The number of rotatable bonds is 8. The van der Waals surface area contributed by atoms with Crippen LogP contribution in [-0.4, -0.2) is 34.9 Å². The van der Waals surface area contributed by atoms with Crippen LogP contribution in [0.15, 0.2) is 60.0 Å². The van der Waals surface area contributed by atoms with E-state index >= 15 is 0 Å². The topological polar surface area (TPSA) is 65.4 Å². The minimum absolute atomic E-state index is 0.0522. The van der Waals surface area contributed by atoms with E-state index < -0.39 is 0 Å². The SMILES string of the molecule is COc1ccc(CNC(=O)C(C)Sc2nccn2-c2cccc(C)c2)cc1OC. The van der Waals surface area contributed by atoms with Gasteiger partial charge in [0.15, 0.2) is 16.7 Å². The molecule has 3 aromatic rings. The Kier molecular flexibility index (Phi) is 6.82. The van der Waals surface area contributed by atoms with Crippen LogP contribution in [0, 0.1) is 6.92 Å². The van der Waals surface area contributed by atoms with Gasteiger partial charge in [-0.2, -0.15) is 0 Å². The highest BCUT2D eigenvalue weighted by atomic mass is 32.2. The number of nitrogens with zero attached hydrogens (tertiary/aromatic N) is 2. The maximum atomic E-state index is 12.6. The largest absolute Gasteiger partial charge is 0.493 e. The number of hydrogen-bond acceptors (Lipinski definition) is 5. The fourth-order valence-electron chi connectivity index (χ4n) is 2.89. The third kappa shape index (κ3) is 5.12. The Bertz CT molecular complexity index is 987. The van der Waals surface area contributed by atoms with E-state index in [1.54, 1.807) is 20.4 Å². The lowest BCUT2D eigenvalue weighted by molar-refractivity contribution is -0.120. The predicted octanol–water partition coefficient (Wildman–Crippen LogP) is 3.99. The van der Waals surface area contributed by atoms with Gasteiger partial charge in [0.25, 0.3) is 0 Å². The van der Waals surface area contributed by atoms with Gasteiger partial charge in [0.1, 0.15) is 0 Å². The lowest BCUT2D eigenvalue weighted by Crippen LogP contribution is -2.30. The highest BCUT2D eigenvalue weighted by Crippen LogP contribution is 2.28. The molecular formula is C22H25N3O3S. The molecule has 0 aliphatic rings. The van der Waals surface area contributed by atoms with Crippen molar-refractivity contribution in [2.75, 3.05) is 14.2 Å². The van der Waals surface area contributed by atoms with Gasteiger partial charge in [-0.3, -0.25) is 9.36 Å². The van der Waals surface area contributed by atoms with Crippen LogP contribution in [0.3, 0.4) is 0 Å². The van der Waals surface area contributed by atoms with E-state index in [2.05, 4.69) is 29.4 Å². The van der Waals surface area contributed by atoms with Crippen LogP contribution in [0.25, 0.3) is 5.69 Å². The third-order valence-corrected chi connectivity index (χ3v) is 5.53. The third-order valence-electron chi connectivity index (χ3n) is 4.45. The van der Waals surface area contributed by atoms with Gasteiger partial charge in [0.05, 0.1) is 19.5 Å². The Morgan fingerprint density at radius 1 is 1.17 bits per heavy atom. The van der Waals surface area contributed by atoms with E-state index in [9.17, 15) is 4.79 Å². The second-order valence-corrected chi connectivity index (χ2v) is 7.89. The molecule has 7 heteroatoms. The molecule has 2 aromatic carbocycles. The van der Waals surface area contributed by atoms with Crippen LogP contribution < -0.4 is 14.8 Å². The normalized spacial score (nSPS) is 11.7. The van der Waals surface area contributed by atoms with Gasteiger partial charge in [-0.15, -0.1) is 0 Å². The predicted molar refractivity (Wildman–Crippen MR) is 115 cm³/mol. The molecule has 0 fully saturated rings. The average molecular weight is 412 g/mol. The fraction of sp³-hybridized carbons (Fsp3) is 0.273. The van der Waals surface area contributed by atoms with E-state index in [4.69, 9.17) is 9.47 Å². The quantitative estimate of drug-likeness (QED) is 0.568. The Morgan fingerprint density at radius 3 is 2.69 bits per heavy atom. The average Bonchev–Trinajstić information content (AvgIpc) is 3.19. The molecule has 0 spiro atoms. The molecule has 0 aliphatic heterocycles. The summed E-state index contributed by atoms with van der Waals surface area (Å²) in [5, 5.41) is 3.47. The van der Waals surface area contributed by atoms with Gasteiger partial charge in [-0.05, 0) is 49.2 Å². The molecule has 0 bridgehead atoms. The second-order valence-electron chi connectivity index (χ2n) is 6.59. The van der Waals surface area contributed by atoms with E-state index in [0.717, 1.165) is 16.4 Å². The number of hydrogen-bond donors (Lipinski definition) is 1. The molecule has 1 N–H and O–H groups in total. The van der Waals surface area contributed by atoms with Gasteiger partial charge in [-0.25, -0.2) is 4.98 Å². The first-order valence-corrected chi connectivity index (χ1v) is 10.2. The number of aromatic nitrogens is 2. The van der Waals surface area contributed by atoms with E-state index in [-0.39, 0.29) is 11.2 Å². The summed E-state index contributed by atoms with van der Waals surface area (Å²) in [5.41, 5.74) is 3.14. The molecule has 1 heterocycles. The zero-order chi connectivity index (χ0) is 20.8. The molecule has 6 nitrogen and oxygen atoms in total. The Balaban J connectivity index is 1.63. The van der Waals surface area contributed by atoms with Crippen molar-refractivity contribution >= 4 is 17.7 Å². The molecule has 3 rings (SSSR count). The van der Waals surface area contributed by atoms with Crippen molar-refractivity contribution in [3.63, 3.8) is 0 Å². The summed E-state index contributed by atoms with van der Waals surface area (Å²) < 4.78 is 12.6. The minimum atomic E-state index is -0.291. The summed E-state index contributed by atoms with van der Waals surface area (Å²) in [5.74, 6) is 1.25. The van der Waals surface area contributed by atoms with E-state index in [0.29, 0.717) is 18.0 Å².